The van der Waals surface area contributed by atoms with Crippen LogP contribution in [0.3, 0.4) is 0 Å². The largest absolute Gasteiger partial charge is 0.0924 e. The zero-order valence-electron chi connectivity index (χ0n) is 7.26. The molecule has 0 bridgehead atoms. The van der Waals surface area contributed by atoms with Crippen molar-refractivity contribution in [3.8, 4) is 0 Å². The molecule has 0 aliphatic heterocycles. The Hall–Kier alpha value is -0.560. The summed E-state index contributed by atoms with van der Waals surface area (Å²) in [5.74, 6) is 0. The van der Waals surface area contributed by atoms with Crippen molar-refractivity contribution in [2.24, 2.45) is 0 Å². The monoisotopic (exact) mass is 224 g/mol. The van der Waals surface area contributed by atoms with Crippen LogP contribution in [0.2, 0.25) is 0 Å². The molecule has 0 heterocycles. The van der Waals surface area contributed by atoms with Gasteiger partial charge in [0.25, 0.3) is 0 Å². The van der Waals surface area contributed by atoms with Crippen LogP contribution in [-0.2, 0) is 6.42 Å². The van der Waals surface area contributed by atoms with Crippen LogP contribution in [0.25, 0.3) is 6.08 Å². The molecule has 0 aliphatic carbocycles. The summed E-state index contributed by atoms with van der Waals surface area (Å²) in [4.78, 5) is 0. The predicted molar refractivity (Wildman–Crippen MR) is 58.6 cm³/mol. The first-order chi connectivity index (χ1) is 5.88. The molecule has 1 aromatic rings. The van der Waals surface area contributed by atoms with Gasteiger partial charge in [-0.25, -0.2) is 0 Å². The summed E-state index contributed by atoms with van der Waals surface area (Å²) in [7, 11) is 0. The minimum Gasteiger partial charge on any atom is -0.0924 e. The Labute approximate surface area is 82.4 Å². The first-order valence-corrected chi connectivity index (χ1v) is 5.27. The van der Waals surface area contributed by atoms with Gasteiger partial charge < -0.3 is 0 Å². The maximum atomic E-state index is 3.45. The minimum atomic E-state index is 1.03. The number of hydrogen-bond acceptors (Lipinski definition) is 0. The van der Waals surface area contributed by atoms with E-state index < -0.39 is 0 Å². The number of hydrogen-bond donors (Lipinski definition) is 0. The molecule has 64 valence electrons. The van der Waals surface area contributed by atoms with Crippen LogP contribution in [0.1, 0.15) is 18.1 Å². The van der Waals surface area contributed by atoms with E-state index >= 15 is 0 Å². The molecule has 1 aromatic carbocycles. The van der Waals surface area contributed by atoms with Crippen LogP contribution in [0.5, 0.6) is 0 Å². The fraction of sp³-hybridized carbons (Fsp3) is 0.273. The summed E-state index contributed by atoms with van der Waals surface area (Å²) in [6.07, 6.45) is 5.32. The summed E-state index contributed by atoms with van der Waals surface area (Å²) in [5, 5.41) is 1.03. The molecule has 0 aliphatic rings. The van der Waals surface area contributed by atoms with E-state index in [4.69, 9.17) is 0 Å². The lowest BCUT2D eigenvalue weighted by molar-refractivity contribution is 1.16. The first kappa shape index (κ1) is 9.53. The summed E-state index contributed by atoms with van der Waals surface area (Å²) >= 11 is 3.45. The van der Waals surface area contributed by atoms with Crippen LogP contribution in [0.4, 0.5) is 0 Å². The van der Waals surface area contributed by atoms with Crippen molar-refractivity contribution in [3.63, 3.8) is 0 Å². The third kappa shape index (κ3) is 2.49. The van der Waals surface area contributed by atoms with Gasteiger partial charge in [-0.15, -0.1) is 0 Å². The average Bonchev–Trinajstić information content (AvgIpc) is 2.09. The molecule has 0 aromatic heterocycles. The van der Waals surface area contributed by atoms with E-state index in [1.807, 2.05) is 6.92 Å². The van der Waals surface area contributed by atoms with E-state index in [2.05, 4.69) is 52.3 Å². The Morgan fingerprint density at radius 1 is 1.33 bits per heavy atom. The third-order valence-corrected chi connectivity index (χ3v) is 2.16. The van der Waals surface area contributed by atoms with E-state index in [1.165, 1.54) is 11.1 Å². The summed E-state index contributed by atoms with van der Waals surface area (Å²) < 4.78 is 0. The van der Waals surface area contributed by atoms with Crippen LogP contribution in [-0.4, -0.2) is 5.33 Å². The second-order valence-corrected chi connectivity index (χ2v) is 3.43. The quantitative estimate of drug-likeness (QED) is 0.688. The van der Waals surface area contributed by atoms with E-state index in [0.717, 1.165) is 11.8 Å². The molecule has 0 amide bonds. The van der Waals surface area contributed by atoms with Gasteiger partial charge in [0.05, 0.1) is 0 Å². The van der Waals surface area contributed by atoms with E-state index in [-0.39, 0.29) is 0 Å². The normalized spacial score (nSPS) is 10.8. The van der Waals surface area contributed by atoms with Gasteiger partial charge >= 0.3 is 0 Å². The maximum Gasteiger partial charge on any atom is 0.00720 e. The number of allylic oxidation sites excluding steroid dienone is 1. The Morgan fingerprint density at radius 3 is 2.75 bits per heavy atom. The van der Waals surface area contributed by atoms with Crippen LogP contribution < -0.4 is 0 Å². The molecule has 0 unspecified atom stereocenters. The van der Waals surface area contributed by atoms with Crippen LogP contribution >= 0.6 is 15.9 Å². The molecule has 0 N–H and O–H groups in total. The van der Waals surface area contributed by atoms with Gasteiger partial charge in [-0.1, -0.05) is 52.3 Å². The number of alkyl halides is 1. The van der Waals surface area contributed by atoms with Crippen molar-refractivity contribution >= 4 is 22.0 Å². The maximum absolute atomic E-state index is 3.45. The molecule has 0 atom stereocenters. The van der Waals surface area contributed by atoms with Gasteiger partial charge in [-0.3, -0.25) is 0 Å². The third-order valence-electron chi connectivity index (χ3n) is 1.77. The fourth-order valence-corrected chi connectivity index (χ4v) is 1.63. The van der Waals surface area contributed by atoms with E-state index in [9.17, 15) is 0 Å². The lowest BCUT2D eigenvalue weighted by Crippen LogP contribution is -1.88. The highest BCUT2D eigenvalue weighted by Crippen LogP contribution is 2.12. The van der Waals surface area contributed by atoms with Crippen molar-refractivity contribution in [2.45, 2.75) is 13.3 Å². The van der Waals surface area contributed by atoms with Gasteiger partial charge in [0.2, 0.25) is 0 Å². The molecular formula is C11H13Br. The van der Waals surface area contributed by atoms with Crippen molar-refractivity contribution in [3.05, 3.63) is 41.5 Å². The van der Waals surface area contributed by atoms with Crippen LogP contribution in [0.15, 0.2) is 30.3 Å². The zero-order chi connectivity index (χ0) is 8.81. The van der Waals surface area contributed by atoms with Gasteiger partial charge in [0.1, 0.15) is 0 Å². The fourth-order valence-electron chi connectivity index (χ4n) is 1.21. The van der Waals surface area contributed by atoms with E-state index in [0.29, 0.717) is 0 Å². The first-order valence-electron chi connectivity index (χ1n) is 4.15. The summed E-state index contributed by atoms with van der Waals surface area (Å²) in [6.45, 7) is 2.05. The highest BCUT2D eigenvalue weighted by atomic mass is 79.9. The number of aryl methyl sites for hydroxylation is 1. The van der Waals surface area contributed by atoms with Crippen molar-refractivity contribution in [1.82, 2.24) is 0 Å². The molecule has 0 radical (unpaired) electrons. The van der Waals surface area contributed by atoms with E-state index in [1.54, 1.807) is 0 Å². The molecule has 0 saturated carbocycles. The molecule has 12 heavy (non-hydrogen) atoms. The molecule has 0 spiro atoms. The molecule has 0 fully saturated rings. The highest BCUT2D eigenvalue weighted by Gasteiger charge is 1.95. The highest BCUT2D eigenvalue weighted by molar-refractivity contribution is 9.09. The SMILES string of the molecule is C/C=C/c1ccccc1CCBr. The van der Waals surface area contributed by atoms with Crippen molar-refractivity contribution in [2.75, 3.05) is 5.33 Å². The Kier molecular flexibility index (Phi) is 4.09. The van der Waals surface area contributed by atoms with Gasteiger partial charge in [0.15, 0.2) is 0 Å². The number of rotatable bonds is 3. The van der Waals surface area contributed by atoms with Gasteiger partial charge in [-0.05, 0) is 24.5 Å². The lowest BCUT2D eigenvalue weighted by atomic mass is 10.1. The molecule has 0 saturated heterocycles. The second-order valence-electron chi connectivity index (χ2n) is 2.64. The Morgan fingerprint density at radius 2 is 2.08 bits per heavy atom. The Balaban J connectivity index is 2.91. The average molecular weight is 225 g/mol. The standard InChI is InChI=1S/C11H13Br/c1-2-5-10-6-3-4-7-11(10)8-9-12/h2-7H,8-9H2,1H3/b5-2+. The minimum absolute atomic E-state index is 1.03. The van der Waals surface area contributed by atoms with Gasteiger partial charge in [0, 0.05) is 5.33 Å². The van der Waals surface area contributed by atoms with Crippen molar-refractivity contribution < 1.29 is 0 Å². The predicted octanol–water partition coefficient (Wildman–Crippen LogP) is 3.66. The van der Waals surface area contributed by atoms with Crippen LogP contribution in [0, 0.1) is 0 Å². The number of benzene rings is 1. The zero-order valence-corrected chi connectivity index (χ0v) is 8.84. The summed E-state index contributed by atoms with van der Waals surface area (Å²) in [5.41, 5.74) is 2.74. The summed E-state index contributed by atoms with van der Waals surface area (Å²) in [6, 6.07) is 8.49. The van der Waals surface area contributed by atoms with Gasteiger partial charge in [-0.2, -0.15) is 0 Å². The number of halogens is 1. The Bertz CT molecular complexity index is 263. The second kappa shape index (κ2) is 5.15. The molecule has 1 rings (SSSR count). The van der Waals surface area contributed by atoms with Crippen molar-refractivity contribution in [1.29, 1.82) is 0 Å². The molecule has 1 heteroatoms. The lowest BCUT2D eigenvalue weighted by Gasteiger charge is -2.02. The smallest absolute Gasteiger partial charge is 0.00720 e. The molecular weight excluding hydrogens is 212 g/mol. The topological polar surface area (TPSA) is 0 Å². The molecule has 0 nitrogen and oxygen atoms in total.